The Bertz CT molecular complexity index is 1200. The molecule has 1 spiro atoms. The number of carboxylic acid groups (broad SMARTS) is 1. The molecular weight excluding hydrogens is 636 g/mol. The molecule has 0 aliphatic carbocycles. The lowest BCUT2D eigenvalue weighted by atomic mass is 9.74. The molecule has 2 rings (SSSR count). The van der Waals surface area contributed by atoms with Crippen LogP contribution in [-0.2, 0) is 19.0 Å². The lowest BCUT2D eigenvalue weighted by molar-refractivity contribution is -0.391. The maximum absolute atomic E-state index is 11.5. The van der Waals surface area contributed by atoms with Crippen LogP contribution in [0.3, 0.4) is 0 Å². The van der Waals surface area contributed by atoms with Crippen LogP contribution in [0.15, 0.2) is 72.4 Å². The Morgan fingerprint density at radius 3 is 1.96 bits per heavy atom. The average molecular weight is 703 g/mol. The fraction of sp³-hybridized carbons (Fsp3) is 0.683. The van der Waals surface area contributed by atoms with Gasteiger partial charge in [-0.3, -0.25) is 4.79 Å². The van der Waals surface area contributed by atoms with E-state index >= 15 is 0 Å². The van der Waals surface area contributed by atoms with Crippen LogP contribution in [0, 0.1) is 35.5 Å². The molecule has 9 heteroatoms. The molecule has 0 amide bonds. The first-order valence-electron chi connectivity index (χ1n) is 18.4. The van der Waals surface area contributed by atoms with Crippen LogP contribution >= 0.6 is 0 Å². The van der Waals surface area contributed by atoms with Crippen LogP contribution in [0.2, 0.25) is 0 Å². The number of hydrogen-bond donors (Lipinski definition) is 5. The van der Waals surface area contributed by atoms with E-state index in [-0.39, 0.29) is 54.1 Å². The van der Waals surface area contributed by atoms with Crippen LogP contribution in [0.1, 0.15) is 87.5 Å². The summed E-state index contributed by atoms with van der Waals surface area (Å²) in [4.78, 5) is 10.6. The van der Waals surface area contributed by atoms with Crippen molar-refractivity contribution >= 4 is 5.97 Å². The lowest BCUT2D eigenvalue weighted by Gasteiger charge is -2.56. The third-order valence-electron chi connectivity index (χ3n) is 10.6. The number of aliphatic hydroxyl groups excluding tert-OH is 4. The van der Waals surface area contributed by atoms with Gasteiger partial charge in [0.05, 0.1) is 43.0 Å². The van der Waals surface area contributed by atoms with E-state index in [1.807, 2.05) is 64.2 Å². The van der Waals surface area contributed by atoms with Gasteiger partial charge in [0.2, 0.25) is 0 Å². The SMILES string of the molecule is CC/C=C(\C)C[C@H](C)[C@H](O)[C@@H](C)[C@H]1O[C@@]2(C[C@@H](OC)[C@H]1C)O[C@H]([C@@H](C)[C@@H](O)[C@@H](C)\C=C/C=C/C=C\C=C\C=C/[C@@H](O)CC(=O)O)[C@@H](C)C[C@@H]2O. The summed E-state index contributed by atoms with van der Waals surface area (Å²) in [6, 6.07) is 0. The summed E-state index contributed by atoms with van der Waals surface area (Å²) in [5, 5.41) is 52.6. The number of aliphatic hydroxyl groups is 4. The van der Waals surface area contributed by atoms with Crippen LogP contribution in [0.5, 0.6) is 0 Å². The number of carboxylic acids is 1. The smallest absolute Gasteiger partial charge is 0.306 e. The monoisotopic (exact) mass is 702 g/mol. The predicted octanol–water partition coefficient (Wildman–Crippen LogP) is 6.54. The first-order valence-corrected chi connectivity index (χ1v) is 18.4. The van der Waals surface area contributed by atoms with Gasteiger partial charge in [0, 0.05) is 37.2 Å². The van der Waals surface area contributed by atoms with E-state index in [1.165, 1.54) is 11.6 Å². The maximum atomic E-state index is 11.5. The molecule has 2 aliphatic rings. The first-order chi connectivity index (χ1) is 23.6. The van der Waals surface area contributed by atoms with Gasteiger partial charge in [0.1, 0.15) is 6.10 Å². The quantitative estimate of drug-likeness (QED) is 0.0794. The maximum Gasteiger partial charge on any atom is 0.306 e. The van der Waals surface area contributed by atoms with Gasteiger partial charge in [-0.05, 0) is 38.0 Å². The summed E-state index contributed by atoms with van der Waals surface area (Å²) in [7, 11) is 1.67. The van der Waals surface area contributed by atoms with Crippen molar-refractivity contribution in [1.29, 1.82) is 0 Å². The highest BCUT2D eigenvalue weighted by Crippen LogP contribution is 2.47. The van der Waals surface area contributed by atoms with Gasteiger partial charge in [0.25, 0.3) is 0 Å². The Kier molecular flexibility index (Phi) is 18.6. The standard InChI is InChI=1S/C41H66O9/c1-10-19-26(2)22-28(4)38(47)32(8)40-30(6)34(48-9)25-41(50-40)35(43)23-29(5)39(49-41)31(7)37(46)27(3)20-17-15-13-11-12-14-16-18-21-33(42)24-36(44)45/h11-21,27-35,37-40,42-43,46-47H,10,22-25H2,1-9H3,(H,44,45)/b12-11-,15-13+,16-14+,20-17-,21-18-,26-19+/t27-,28-,29-,30+,31-,32+,33+,34+,35-,37-,38-,39-,40-,41+/m0/s1. The molecule has 0 saturated carbocycles. The largest absolute Gasteiger partial charge is 0.481 e. The number of carbonyl (C=O) groups is 1. The van der Waals surface area contributed by atoms with Crippen LogP contribution in [0.4, 0.5) is 0 Å². The topological polar surface area (TPSA) is 146 Å². The van der Waals surface area contributed by atoms with E-state index in [4.69, 9.17) is 19.3 Å². The number of rotatable bonds is 18. The summed E-state index contributed by atoms with van der Waals surface area (Å²) in [5.74, 6) is -3.05. The lowest BCUT2D eigenvalue weighted by Crippen LogP contribution is -2.65. The molecule has 2 heterocycles. The molecule has 14 atom stereocenters. The molecule has 0 radical (unpaired) electrons. The molecule has 2 aliphatic heterocycles. The number of aliphatic carboxylic acids is 1. The van der Waals surface area contributed by atoms with Crippen molar-refractivity contribution in [3.8, 4) is 0 Å². The number of hydrogen-bond acceptors (Lipinski definition) is 8. The highest BCUT2D eigenvalue weighted by Gasteiger charge is 2.57. The number of allylic oxidation sites excluding steroid dienone is 10. The molecule has 9 nitrogen and oxygen atoms in total. The van der Waals surface area contributed by atoms with Crippen molar-refractivity contribution in [2.45, 2.75) is 136 Å². The minimum absolute atomic E-state index is 0.0245. The zero-order valence-electron chi connectivity index (χ0n) is 31.8. The molecule has 284 valence electrons. The summed E-state index contributed by atoms with van der Waals surface area (Å²) in [6.45, 7) is 16.4. The van der Waals surface area contributed by atoms with Gasteiger partial charge >= 0.3 is 5.97 Å². The summed E-state index contributed by atoms with van der Waals surface area (Å²) in [5.41, 5.74) is 1.26. The van der Waals surface area contributed by atoms with E-state index < -0.39 is 42.3 Å². The molecule has 0 aromatic carbocycles. The summed E-state index contributed by atoms with van der Waals surface area (Å²) < 4.78 is 19.6. The van der Waals surface area contributed by atoms with E-state index in [2.05, 4.69) is 33.8 Å². The van der Waals surface area contributed by atoms with Crippen LogP contribution in [-0.4, -0.2) is 87.1 Å². The normalized spacial score (nSPS) is 32.7. The molecule has 2 fully saturated rings. The van der Waals surface area contributed by atoms with E-state index in [9.17, 15) is 25.2 Å². The van der Waals surface area contributed by atoms with Crippen LogP contribution in [0.25, 0.3) is 0 Å². The second-order valence-electron chi connectivity index (χ2n) is 14.8. The minimum Gasteiger partial charge on any atom is -0.481 e. The average Bonchev–Trinajstić information content (AvgIpc) is 3.06. The number of ether oxygens (including phenoxy) is 3. The molecule has 2 saturated heterocycles. The third kappa shape index (κ3) is 12.7. The van der Waals surface area contributed by atoms with Gasteiger partial charge < -0.3 is 39.7 Å². The molecule has 50 heavy (non-hydrogen) atoms. The first kappa shape index (κ1) is 43.8. The van der Waals surface area contributed by atoms with Crippen molar-refractivity contribution in [2.24, 2.45) is 35.5 Å². The molecular formula is C41H66O9. The Hall–Kier alpha value is -2.37. The van der Waals surface area contributed by atoms with Crippen LogP contribution < -0.4 is 0 Å². The summed E-state index contributed by atoms with van der Waals surface area (Å²) in [6.07, 6.45) is 17.9. The Labute approximate surface area is 301 Å². The van der Waals surface area contributed by atoms with E-state index in [0.29, 0.717) is 12.8 Å². The Morgan fingerprint density at radius 2 is 1.40 bits per heavy atom. The van der Waals surface area contributed by atoms with Crippen molar-refractivity contribution in [2.75, 3.05) is 7.11 Å². The van der Waals surface area contributed by atoms with Gasteiger partial charge in [-0.25, -0.2) is 0 Å². The summed E-state index contributed by atoms with van der Waals surface area (Å²) >= 11 is 0. The highest BCUT2D eigenvalue weighted by atomic mass is 16.7. The molecule has 0 aromatic rings. The van der Waals surface area contributed by atoms with Crippen molar-refractivity contribution in [3.63, 3.8) is 0 Å². The third-order valence-corrected chi connectivity index (χ3v) is 10.6. The zero-order valence-corrected chi connectivity index (χ0v) is 31.8. The van der Waals surface area contributed by atoms with Gasteiger partial charge in [-0.1, -0.05) is 121 Å². The molecule has 0 unspecified atom stereocenters. The zero-order chi connectivity index (χ0) is 37.6. The fourth-order valence-electron chi connectivity index (χ4n) is 7.58. The second kappa shape index (κ2) is 21.2. The van der Waals surface area contributed by atoms with E-state index in [1.54, 1.807) is 25.3 Å². The predicted molar refractivity (Wildman–Crippen MR) is 198 cm³/mol. The van der Waals surface area contributed by atoms with Gasteiger partial charge in [-0.2, -0.15) is 0 Å². The minimum atomic E-state index is -1.31. The molecule has 0 aromatic heterocycles. The highest BCUT2D eigenvalue weighted by molar-refractivity contribution is 5.67. The molecule has 5 N–H and O–H groups in total. The van der Waals surface area contributed by atoms with Crippen molar-refractivity contribution in [3.05, 3.63) is 72.4 Å². The van der Waals surface area contributed by atoms with Crippen molar-refractivity contribution < 1.29 is 44.5 Å². The number of methoxy groups -OCH3 is 1. The fourth-order valence-corrected chi connectivity index (χ4v) is 7.58. The molecule has 0 bridgehead atoms. The Morgan fingerprint density at radius 1 is 0.860 bits per heavy atom. The van der Waals surface area contributed by atoms with Gasteiger partial charge in [-0.15, -0.1) is 0 Å². The Balaban J connectivity index is 2.11. The van der Waals surface area contributed by atoms with Crippen molar-refractivity contribution in [1.82, 2.24) is 0 Å². The van der Waals surface area contributed by atoms with E-state index in [0.717, 1.165) is 12.8 Å². The second-order valence-corrected chi connectivity index (χ2v) is 14.8. The van der Waals surface area contributed by atoms with Gasteiger partial charge in [0.15, 0.2) is 5.79 Å².